The highest BCUT2D eigenvalue weighted by atomic mass is 79.9. The zero-order chi connectivity index (χ0) is 24.1. The molecule has 0 atom stereocenters. The summed E-state index contributed by atoms with van der Waals surface area (Å²) in [5.41, 5.74) is 1.54. The lowest BCUT2D eigenvalue weighted by atomic mass is 9.72. The number of aryl methyl sites for hydroxylation is 1. The van der Waals surface area contributed by atoms with Crippen LogP contribution in [0.2, 0.25) is 0 Å². The summed E-state index contributed by atoms with van der Waals surface area (Å²) in [6.45, 7) is 6.46. The summed E-state index contributed by atoms with van der Waals surface area (Å²) in [6, 6.07) is 15.9. The monoisotopic (exact) mass is 526 g/mol. The van der Waals surface area contributed by atoms with E-state index in [0.29, 0.717) is 31.8 Å². The second-order valence-corrected chi connectivity index (χ2v) is 10.8. The molecule has 2 aliphatic rings. The quantitative estimate of drug-likeness (QED) is 0.503. The van der Waals surface area contributed by atoms with Crippen LogP contribution in [0.15, 0.2) is 53.0 Å². The maximum Gasteiger partial charge on any atom is 0.253 e. The lowest BCUT2D eigenvalue weighted by Gasteiger charge is -2.44. The lowest BCUT2D eigenvalue weighted by Crippen LogP contribution is -2.53. The van der Waals surface area contributed by atoms with E-state index >= 15 is 0 Å². The molecule has 1 spiro atoms. The molecular formula is C28H35BrN2O3. The summed E-state index contributed by atoms with van der Waals surface area (Å²) in [5, 5.41) is 0. The third kappa shape index (κ3) is 5.48. The van der Waals surface area contributed by atoms with Gasteiger partial charge in [-0.25, -0.2) is 0 Å². The van der Waals surface area contributed by atoms with E-state index in [1.807, 2.05) is 46.2 Å². The van der Waals surface area contributed by atoms with E-state index in [-0.39, 0.29) is 17.9 Å². The van der Waals surface area contributed by atoms with Crippen LogP contribution in [0.5, 0.6) is 5.75 Å². The Morgan fingerprint density at radius 3 is 2.38 bits per heavy atom. The fraction of sp³-hybridized carbons (Fsp3) is 0.500. The van der Waals surface area contributed by atoms with Gasteiger partial charge >= 0.3 is 0 Å². The number of rotatable bonds is 2. The first-order valence-electron chi connectivity index (χ1n) is 12.5. The number of halogens is 1. The van der Waals surface area contributed by atoms with Crippen LogP contribution in [0.25, 0.3) is 0 Å². The van der Waals surface area contributed by atoms with E-state index in [4.69, 9.17) is 4.74 Å². The predicted octanol–water partition coefficient (Wildman–Crippen LogP) is 5.71. The Morgan fingerprint density at radius 1 is 0.971 bits per heavy atom. The molecule has 6 heteroatoms. The zero-order valence-electron chi connectivity index (χ0n) is 20.3. The van der Waals surface area contributed by atoms with Crippen LogP contribution in [-0.2, 0) is 11.2 Å². The van der Waals surface area contributed by atoms with Gasteiger partial charge in [0.05, 0.1) is 12.0 Å². The number of piperidine rings is 1. The number of hydrogen-bond donors (Lipinski definition) is 0. The first-order valence-corrected chi connectivity index (χ1v) is 13.3. The smallest absolute Gasteiger partial charge is 0.253 e. The summed E-state index contributed by atoms with van der Waals surface area (Å²) >= 11 is 3.43. The molecule has 2 amide bonds. The molecule has 1 fully saturated rings. The standard InChI is InChI=1S/C28H35BrN2O3/c1-21(2)31-19-20-34-25-9-4-3-7-22(25)8-5-6-14-28(27(31)33)15-17-30(18-16-28)26(32)23-10-12-24(29)13-11-23/h3-4,7,9-13,21H,5-6,8,14-20H2,1-2H3. The summed E-state index contributed by atoms with van der Waals surface area (Å²) in [4.78, 5) is 30.9. The molecule has 0 radical (unpaired) electrons. The minimum absolute atomic E-state index is 0.0497. The van der Waals surface area contributed by atoms with Crippen molar-refractivity contribution in [2.45, 2.75) is 58.4 Å². The van der Waals surface area contributed by atoms with E-state index in [9.17, 15) is 9.59 Å². The molecule has 2 aliphatic heterocycles. The maximum atomic E-state index is 14.0. The van der Waals surface area contributed by atoms with Gasteiger partial charge in [0.1, 0.15) is 12.4 Å². The minimum Gasteiger partial charge on any atom is -0.491 e. The number of hydrogen-bond acceptors (Lipinski definition) is 3. The van der Waals surface area contributed by atoms with Crippen LogP contribution in [0.3, 0.4) is 0 Å². The van der Waals surface area contributed by atoms with Crippen molar-refractivity contribution in [3.63, 3.8) is 0 Å². The number of benzene rings is 2. The second-order valence-electron chi connectivity index (χ2n) is 9.84. The van der Waals surface area contributed by atoms with E-state index in [1.165, 1.54) is 5.56 Å². The van der Waals surface area contributed by atoms with Gasteiger partial charge in [-0.1, -0.05) is 40.5 Å². The predicted molar refractivity (Wildman–Crippen MR) is 138 cm³/mol. The van der Waals surface area contributed by atoms with Crippen molar-refractivity contribution in [2.75, 3.05) is 26.2 Å². The Morgan fingerprint density at radius 2 is 1.68 bits per heavy atom. The molecule has 0 bridgehead atoms. The molecule has 2 heterocycles. The van der Waals surface area contributed by atoms with Crippen LogP contribution < -0.4 is 4.74 Å². The number of nitrogens with zero attached hydrogens (tertiary/aromatic N) is 2. The van der Waals surface area contributed by atoms with Crippen molar-refractivity contribution in [2.24, 2.45) is 5.41 Å². The minimum atomic E-state index is -0.403. The van der Waals surface area contributed by atoms with Gasteiger partial charge in [-0.15, -0.1) is 0 Å². The molecule has 34 heavy (non-hydrogen) atoms. The van der Waals surface area contributed by atoms with Crippen LogP contribution in [-0.4, -0.2) is 53.9 Å². The zero-order valence-corrected chi connectivity index (χ0v) is 21.9. The molecular weight excluding hydrogens is 492 g/mol. The topological polar surface area (TPSA) is 49.9 Å². The van der Waals surface area contributed by atoms with Crippen molar-refractivity contribution < 1.29 is 14.3 Å². The highest BCUT2D eigenvalue weighted by Gasteiger charge is 2.44. The van der Waals surface area contributed by atoms with Gasteiger partial charge in [0.2, 0.25) is 5.91 Å². The molecule has 182 valence electrons. The van der Waals surface area contributed by atoms with Crippen LogP contribution in [0.4, 0.5) is 0 Å². The van der Waals surface area contributed by atoms with E-state index in [0.717, 1.165) is 48.7 Å². The van der Waals surface area contributed by atoms with Crippen molar-refractivity contribution in [1.82, 2.24) is 9.80 Å². The van der Waals surface area contributed by atoms with Crippen LogP contribution in [0, 0.1) is 5.41 Å². The van der Waals surface area contributed by atoms with Gasteiger partial charge in [-0.05, 0) is 81.8 Å². The largest absolute Gasteiger partial charge is 0.491 e. The number of carbonyl (C=O) groups is 2. The number of ether oxygens (including phenoxy) is 1. The van der Waals surface area contributed by atoms with Gasteiger partial charge < -0.3 is 14.5 Å². The molecule has 0 aliphatic carbocycles. The van der Waals surface area contributed by atoms with Crippen molar-refractivity contribution in [1.29, 1.82) is 0 Å². The molecule has 2 aromatic rings. The molecule has 5 nitrogen and oxygen atoms in total. The number of likely N-dealkylation sites (tertiary alicyclic amines) is 1. The highest BCUT2D eigenvalue weighted by Crippen LogP contribution is 2.40. The summed E-state index contributed by atoms with van der Waals surface area (Å²) in [5.74, 6) is 1.22. The van der Waals surface area contributed by atoms with Gasteiger partial charge in [0, 0.05) is 29.2 Å². The number of fused-ring (bicyclic) bond motifs is 1. The molecule has 1 saturated heterocycles. The molecule has 0 aromatic heterocycles. The van der Waals surface area contributed by atoms with E-state index < -0.39 is 5.41 Å². The molecule has 0 unspecified atom stereocenters. The summed E-state index contributed by atoms with van der Waals surface area (Å²) in [6.07, 6.45) is 5.29. The molecule has 0 saturated carbocycles. The Labute approximate surface area is 211 Å². The second kappa shape index (κ2) is 10.9. The van der Waals surface area contributed by atoms with Crippen LogP contribution >= 0.6 is 15.9 Å². The van der Waals surface area contributed by atoms with Gasteiger partial charge in [0.15, 0.2) is 0 Å². The average molecular weight is 528 g/mol. The van der Waals surface area contributed by atoms with Crippen molar-refractivity contribution in [3.8, 4) is 5.75 Å². The number of para-hydroxylation sites is 1. The van der Waals surface area contributed by atoms with Crippen molar-refractivity contribution in [3.05, 3.63) is 64.1 Å². The van der Waals surface area contributed by atoms with Gasteiger partial charge in [0.25, 0.3) is 5.91 Å². The Hall–Kier alpha value is -2.34. The first-order chi connectivity index (χ1) is 16.4. The highest BCUT2D eigenvalue weighted by molar-refractivity contribution is 9.10. The van der Waals surface area contributed by atoms with Gasteiger partial charge in [-0.3, -0.25) is 9.59 Å². The average Bonchev–Trinajstić information content (AvgIpc) is 2.84. The SMILES string of the molecule is CC(C)N1CCOc2ccccc2CCCCC2(CCN(C(=O)c3ccc(Br)cc3)CC2)C1=O. The van der Waals surface area contributed by atoms with Crippen LogP contribution in [0.1, 0.15) is 61.9 Å². The summed E-state index contributed by atoms with van der Waals surface area (Å²) in [7, 11) is 0. The fourth-order valence-electron chi connectivity index (χ4n) is 5.27. The molecule has 0 N–H and O–H groups in total. The maximum absolute atomic E-state index is 14.0. The van der Waals surface area contributed by atoms with Crippen molar-refractivity contribution >= 4 is 27.7 Å². The fourth-order valence-corrected chi connectivity index (χ4v) is 5.53. The van der Waals surface area contributed by atoms with E-state index in [1.54, 1.807) is 0 Å². The Balaban J connectivity index is 1.51. The number of amides is 2. The molecule has 4 rings (SSSR count). The summed E-state index contributed by atoms with van der Waals surface area (Å²) < 4.78 is 7.08. The third-order valence-corrected chi connectivity index (χ3v) is 7.88. The Bertz CT molecular complexity index is 997. The van der Waals surface area contributed by atoms with E-state index in [2.05, 4.69) is 41.9 Å². The van der Waals surface area contributed by atoms with Gasteiger partial charge in [-0.2, -0.15) is 0 Å². The Kier molecular flexibility index (Phi) is 7.97. The third-order valence-electron chi connectivity index (χ3n) is 7.35. The number of carbonyl (C=O) groups excluding carboxylic acids is 2. The lowest BCUT2D eigenvalue weighted by molar-refractivity contribution is -0.148. The first kappa shape index (κ1) is 24.8. The molecule has 2 aromatic carbocycles. The normalized spacial score (nSPS) is 19.2.